The Morgan fingerprint density at radius 3 is 2.42 bits per heavy atom. The van der Waals surface area contributed by atoms with E-state index in [1.54, 1.807) is 0 Å². The Labute approximate surface area is 75.4 Å². The number of piperidine rings is 1. The third-order valence-corrected chi connectivity index (χ3v) is 3.30. The Hall–Kier alpha value is -0.460. The van der Waals surface area contributed by atoms with Crippen molar-refractivity contribution in [3.8, 4) is 0 Å². The fraction of sp³-hybridized carbons (Fsp3) is 0.818. The molecule has 0 amide bonds. The van der Waals surface area contributed by atoms with Crippen LogP contribution in [0.4, 0.5) is 0 Å². The van der Waals surface area contributed by atoms with Crippen LogP contribution >= 0.6 is 0 Å². The van der Waals surface area contributed by atoms with Gasteiger partial charge in [-0.2, -0.15) is 0 Å². The molecule has 1 aliphatic heterocycles. The van der Waals surface area contributed by atoms with E-state index in [0.717, 1.165) is 0 Å². The van der Waals surface area contributed by atoms with E-state index in [2.05, 4.69) is 25.3 Å². The van der Waals surface area contributed by atoms with Crippen molar-refractivity contribution in [2.45, 2.75) is 57.5 Å². The van der Waals surface area contributed by atoms with Crippen molar-refractivity contribution in [1.29, 1.82) is 0 Å². The van der Waals surface area contributed by atoms with E-state index in [0.29, 0.717) is 11.6 Å². The van der Waals surface area contributed by atoms with Gasteiger partial charge in [-0.1, -0.05) is 6.58 Å². The quantitative estimate of drug-likeness (QED) is 0.577. The Morgan fingerprint density at radius 1 is 1.33 bits per heavy atom. The maximum atomic E-state index is 4.18. The van der Waals surface area contributed by atoms with Crippen LogP contribution in [-0.4, -0.2) is 16.5 Å². The summed E-state index contributed by atoms with van der Waals surface area (Å²) in [5, 5.41) is 0. The third-order valence-electron chi connectivity index (χ3n) is 3.30. The molecule has 0 atom stereocenters. The van der Waals surface area contributed by atoms with Crippen LogP contribution < -0.4 is 0 Å². The highest BCUT2D eigenvalue weighted by Crippen LogP contribution is 2.51. The van der Waals surface area contributed by atoms with Gasteiger partial charge >= 0.3 is 0 Å². The van der Waals surface area contributed by atoms with Crippen molar-refractivity contribution in [2.24, 2.45) is 0 Å². The fourth-order valence-corrected chi connectivity index (χ4v) is 2.75. The number of hydrogen-bond acceptors (Lipinski definition) is 1. The first-order chi connectivity index (χ1) is 5.66. The van der Waals surface area contributed by atoms with Crippen molar-refractivity contribution >= 4 is 0 Å². The van der Waals surface area contributed by atoms with Gasteiger partial charge in [0.1, 0.15) is 0 Å². The van der Waals surface area contributed by atoms with E-state index in [9.17, 15) is 0 Å². The first-order valence-electron chi connectivity index (χ1n) is 5.13. The SMILES string of the molecule is C=C1CCCC2(CC2)N1C(C)C. The minimum Gasteiger partial charge on any atom is -0.367 e. The maximum absolute atomic E-state index is 4.18. The molecule has 0 radical (unpaired) electrons. The molecule has 1 nitrogen and oxygen atoms in total. The summed E-state index contributed by atoms with van der Waals surface area (Å²) in [5.74, 6) is 0. The van der Waals surface area contributed by atoms with Crippen molar-refractivity contribution in [1.82, 2.24) is 4.90 Å². The predicted octanol–water partition coefficient (Wildman–Crippen LogP) is 2.93. The van der Waals surface area contributed by atoms with E-state index in [1.165, 1.54) is 37.8 Å². The number of rotatable bonds is 1. The monoisotopic (exact) mass is 165 g/mol. The summed E-state index contributed by atoms with van der Waals surface area (Å²) in [6.45, 7) is 8.75. The molecule has 1 aliphatic carbocycles. The summed E-state index contributed by atoms with van der Waals surface area (Å²) < 4.78 is 0. The van der Waals surface area contributed by atoms with Crippen LogP contribution in [0, 0.1) is 0 Å². The molecule has 1 heterocycles. The van der Waals surface area contributed by atoms with E-state index < -0.39 is 0 Å². The van der Waals surface area contributed by atoms with Gasteiger partial charge in [0, 0.05) is 17.3 Å². The Morgan fingerprint density at radius 2 is 2.00 bits per heavy atom. The molecule has 1 spiro atoms. The van der Waals surface area contributed by atoms with Crippen LogP contribution in [0.1, 0.15) is 46.0 Å². The van der Waals surface area contributed by atoms with Crippen LogP contribution in [0.5, 0.6) is 0 Å². The summed E-state index contributed by atoms with van der Waals surface area (Å²) in [7, 11) is 0. The summed E-state index contributed by atoms with van der Waals surface area (Å²) in [6, 6.07) is 0.653. The average Bonchev–Trinajstić information content (AvgIpc) is 2.68. The molecule has 2 fully saturated rings. The molecule has 68 valence electrons. The molecule has 12 heavy (non-hydrogen) atoms. The molecule has 0 unspecified atom stereocenters. The van der Waals surface area contributed by atoms with Gasteiger partial charge in [-0.05, 0) is 46.0 Å². The Balaban J connectivity index is 2.18. The molecule has 0 aromatic rings. The van der Waals surface area contributed by atoms with Crippen LogP contribution in [-0.2, 0) is 0 Å². The molecule has 1 heteroatoms. The lowest BCUT2D eigenvalue weighted by molar-refractivity contribution is 0.142. The second-order valence-corrected chi connectivity index (χ2v) is 4.61. The summed E-state index contributed by atoms with van der Waals surface area (Å²) in [4.78, 5) is 2.58. The minimum absolute atomic E-state index is 0.573. The Bertz CT molecular complexity index is 201. The summed E-state index contributed by atoms with van der Waals surface area (Å²) >= 11 is 0. The van der Waals surface area contributed by atoms with E-state index in [1.807, 2.05) is 0 Å². The average molecular weight is 165 g/mol. The van der Waals surface area contributed by atoms with E-state index >= 15 is 0 Å². The number of nitrogens with zero attached hydrogens (tertiary/aromatic N) is 1. The molecular formula is C11H19N. The van der Waals surface area contributed by atoms with E-state index in [4.69, 9.17) is 0 Å². The van der Waals surface area contributed by atoms with Gasteiger partial charge in [0.25, 0.3) is 0 Å². The normalized spacial score (nSPS) is 26.9. The van der Waals surface area contributed by atoms with Crippen LogP contribution in [0.25, 0.3) is 0 Å². The third kappa shape index (κ3) is 1.07. The fourth-order valence-electron chi connectivity index (χ4n) is 2.75. The topological polar surface area (TPSA) is 3.24 Å². The second-order valence-electron chi connectivity index (χ2n) is 4.61. The van der Waals surface area contributed by atoms with Gasteiger partial charge in [-0.15, -0.1) is 0 Å². The van der Waals surface area contributed by atoms with Crippen molar-refractivity contribution < 1.29 is 0 Å². The smallest absolute Gasteiger partial charge is 0.0403 e. The minimum atomic E-state index is 0.573. The molecule has 0 aromatic carbocycles. The maximum Gasteiger partial charge on any atom is 0.0403 e. The Kier molecular flexibility index (Phi) is 1.71. The second kappa shape index (κ2) is 2.51. The van der Waals surface area contributed by atoms with Crippen LogP contribution in [0.3, 0.4) is 0 Å². The van der Waals surface area contributed by atoms with Crippen molar-refractivity contribution in [3.63, 3.8) is 0 Å². The predicted molar refractivity (Wildman–Crippen MR) is 51.9 cm³/mol. The lowest BCUT2D eigenvalue weighted by atomic mass is 9.96. The van der Waals surface area contributed by atoms with Crippen LogP contribution in [0.2, 0.25) is 0 Å². The van der Waals surface area contributed by atoms with Gasteiger partial charge in [-0.25, -0.2) is 0 Å². The zero-order chi connectivity index (χ0) is 8.77. The molecule has 0 N–H and O–H groups in total. The summed E-state index contributed by atoms with van der Waals surface area (Å²) in [6.07, 6.45) is 6.81. The van der Waals surface area contributed by atoms with Gasteiger partial charge in [-0.3, -0.25) is 0 Å². The van der Waals surface area contributed by atoms with Gasteiger partial charge in [0.2, 0.25) is 0 Å². The first kappa shape index (κ1) is 8.15. The molecule has 1 saturated carbocycles. The van der Waals surface area contributed by atoms with Crippen molar-refractivity contribution in [3.05, 3.63) is 12.3 Å². The number of likely N-dealkylation sites (tertiary alicyclic amines) is 1. The lowest BCUT2D eigenvalue weighted by Gasteiger charge is -2.42. The standard InChI is InChI=1S/C11H19N/c1-9(2)12-10(3)5-4-6-11(12)7-8-11/h9H,3-8H2,1-2H3. The highest BCUT2D eigenvalue weighted by Gasteiger charge is 2.50. The molecule has 2 aliphatic rings. The summed E-state index contributed by atoms with van der Waals surface area (Å²) in [5.41, 5.74) is 1.96. The van der Waals surface area contributed by atoms with E-state index in [-0.39, 0.29) is 0 Å². The first-order valence-corrected chi connectivity index (χ1v) is 5.13. The highest BCUT2D eigenvalue weighted by molar-refractivity contribution is 5.16. The van der Waals surface area contributed by atoms with Crippen molar-refractivity contribution in [2.75, 3.05) is 0 Å². The largest absolute Gasteiger partial charge is 0.367 e. The van der Waals surface area contributed by atoms with Gasteiger partial charge in [0.15, 0.2) is 0 Å². The molecule has 1 saturated heterocycles. The molecule has 0 bridgehead atoms. The van der Waals surface area contributed by atoms with Gasteiger partial charge < -0.3 is 4.90 Å². The highest BCUT2D eigenvalue weighted by atomic mass is 15.3. The lowest BCUT2D eigenvalue weighted by Crippen LogP contribution is -2.43. The van der Waals surface area contributed by atoms with Crippen LogP contribution in [0.15, 0.2) is 12.3 Å². The van der Waals surface area contributed by atoms with Gasteiger partial charge in [0.05, 0.1) is 0 Å². The number of hydrogen-bond donors (Lipinski definition) is 0. The molecule has 0 aromatic heterocycles. The zero-order valence-corrected chi connectivity index (χ0v) is 8.27. The zero-order valence-electron chi connectivity index (χ0n) is 8.27. The molecule has 2 rings (SSSR count). The molecular weight excluding hydrogens is 146 g/mol. The number of allylic oxidation sites excluding steroid dienone is 1.